The summed E-state index contributed by atoms with van der Waals surface area (Å²) < 4.78 is 0. The summed E-state index contributed by atoms with van der Waals surface area (Å²) in [4.78, 5) is 15.3. The molecule has 1 heterocycles. The summed E-state index contributed by atoms with van der Waals surface area (Å²) in [5, 5.41) is 0. The van der Waals surface area contributed by atoms with E-state index in [-0.39, 0.29) is 5.91 Å². The number of hydrogen-bond acceptors (Lipinski definition) is 2. The number of rotatable bonds is 2. The molecule has 18 heavy (non-hydrogen) atoms. The number of nitrogens with two attached hydrogens (primary N) is 1. The molecule has 0 aromatic carbocycles. The number of thiocarbonyl (C=S) groups is 1. The average molecular weight is 268 g/mol. The van der Waals surface area contributed by atoms with Gasteiger partial charge in [0.25, 0.3) is 0 Å². The van der Waals surface area contributed by atoms with E-state index in [1.165, 1.54) is 6.42 Å². The third kappa shape index (κ3) is 2.27. The van der Waals surface area contributed by atoms with Crippen molar-refractivity contribution < 1.29 is 4.79 Å². The number of carbonyl (C=O) groups is 1. The van der Waals surface area contributed by atoms with Gasteiger partial charge in [-0.1, -0.05) is 38.4 Å². The van der Waals surface area contributed by atoms with Crippen LogP contribution in [0, 0.1) is 11.3 Å². The van der Waals surface area contributed by atoms with Gasteiger partial charge in [0.2, 0.25) is 5.91 Å². The van der Waals surface area contributed by atoms with Gasteiger partial charge in [-0.05, 0) is 32.1 Å². The Hall–Kier alpha value is -0.640. The minimum atomic E-state index is -0.536. The first-order chi connectivity index (χ1) is 8.47. The van der Waals surface area contributed by atoms with E-state index in [0.29, 0.717) is 16.9 Å². The fraction of sp³-hybridized carbons (Fsp3) is 0.857. The normalized spacial score (nSPS) is 31.3. The third-order valence-electron chi connectivity index (χ3n) is 4.63. The molecule has 3 nitrogen and oxygen atoms in total. The topological polar surface area (TPSA) is 46.3 Å². The molecule has 2 atom stereocenters. The van der Waals surface area contributed by atoms with E-state index >= 15 is 0 Å². The lowest BCUT2D eigenvalue weighted by atomic mass is 9.72. The van der Waals surface area contributed by atoms with Crippen molar-refractivity contribution in [1.29, 1.82) is 0 Å². The van der Waals surface area contributed by atoms with Gasteiger partial charge >= 0.3 is 0 Å². The van der Waals surface area contributed by atoms with Crippen LogP contribution >= 0.6 is 12.2 Å². The summed E-state index contributed by atoms with van der Waals surface area (Å²) in [5.74, 6) is 0.794. The number of likely N-dealkylation sites (tertiary alicyclic amines) is 1. The highest BCUT2D eigenvalue weighted by Crippen LogP contribution is 2.40. The van der Waals surface area contributed by atoms with Crippen LogP contribution in [0.1, 0.15) is 52.4 Å². The van der Waals surface area contributed by atoms with E-state index in [0.717, 1.165) is 38.6 Å². The van der Waals surface area contributed by atoms with Gasteiger partial charge in [-0.15, -0.1) is 0 Å². The molecule has 1 amide bonds. The molecular formula is C14H24N2OS. The number of nitrogens with zero attached hydrogens (tertiary/aromatic N) is 1. The van der Waals surface area contributed by atoms with Crippen molar-refractivity contribution in [3.63, 3.8) is 0 Å². The number of hydrogen-bond donors (Lipinski definition) is 1. The van der Waals surface area contributed by atoms with Crippen LogP contribution < -0.4 is 5.73 Å². The molecule has 2 N–H and O–H groups in total. The van der Waals surface area contributed by atoms with Crippen LogP contribution in [-0.4, -0.2) is 28.4 Å². The first-order valence-electron chi connectivity index (χ1n) is 7.08. The van der Waals surface area contributed by atoms with Crippen LogP contribution in [0.4, 0.5) is 0 Å². The van der Waals surface area contributed by atoms with E-state index in [9.17, 15) is 4.79 Å². The Morgan fingerprint density at radius 3 is 2.33 bits per heavy atom. The van der Waals surface area contributed by atoms with E-state index in [1.807, 2.05) is 4.90 Å². The smallest absolute Gasteiger partial charge is 0.235 e. The Bertz CT molecular complexity index is 350. The van der Waals surface area contributed by atoms with Gasteiger partial charge in [-0.3, -0.25) is 4.79 Å². The van der Waals surface area contributed by atoms with E-state index in [1.54, 1.807) is 0 Å². The van der Waals surface area contributed by atoms with Crippen LogP contribution in [0.5, 0.6) is 0 Å². The zero-order valence-electron chi connectivity index (χ0n) is 11.4. The lowest BCUT2D eigenvalue weighted by molar-refractivity contribution is -0.140. The SMILES string of the molecule is CC1CC(C)N(C(=O)C2(C(N)=S)CCCCC2)C1. The van der Waals surface area contributed by atoms with Gasteiger partial charge in [0, 0.05) is 12.6 Å². The molecule has 2 aliphatic rings. The Morgan fingerprint density at radius 1 is 1.28 bits per heavy atom. The van der Waals surface area contributed by atoms with Crippen LogP contribution in [-0.2, 0) is 4.79 Å². The lowest BCUT2D eigenvalue weighted by Crippen LogP contribution is -2.52. The van der Waals surface area contributed by atoms with Crippen LogP contribution in [0.25, 0.3) is 0 Å². The zero-order chi connectivity index (χ0) is 13.3. The maximum absolute atomic E-state index is 12.9. The van der Waals surface area contributed by atoms with Gasteiger partial charge in [-0.25, -0.2) is 0 Å². The third-order valence-corrected chi connectivity index (χ3v) is 5.02. The average Bonchev–Trinajstić information content (AvgIpc) is 2.68. The molecule has 102 valence electrons. The van der Waals surface area contributed by atoms with Crippen molar-refractivity contribution >= 4 is 23.1 Å². The summed E-state index contributed by atoms with van der Waals surface area (Å²) in [6.45, 7) is 5.21. The molecule has 0 aromatic heterocycles. The molecule has 1 aliphatic heterocycles. The van der Waals surface area contributed by atoms with Crippen LogP contribution in [0.15, 0.2) is 0 Å². The molecule has 2 rings (SSSR count). The fourth-order valence-electron chi connectivity index (χ4n) is 3.58. The second-order valence-electron chi connectivity index (χ2n) is 6.15. The summed E-state index contributed by atoms with van der Waals surface area (Å²) >= 11 is 5.24. The summed E-state index contributed by atoms with van der Waals surface area (Å²) in [6, 6.07) is 0.334. The number of amides is 1. The van der Waals surface area contributed by atoms with Crippen molar-refractivity contribution in [3.8, 4) is 0 Å². The highest BCUT2D eigenvalue weighted by atomic mass is 32.1. The monoisotopic (exact) mass is 268 g/mol. The minimum absolute atomic E-state index is 0.201. The molecule has 2 unspecified atom stereocenters. The second-order valence-corrected chi connectivity index (χ2v) is 6.59. The quantitative estimate of drug-likeness (QED) is 0.783. The zero-order valence-corrected chi connectivity index (χ0v) is 12.3. The van der Waals surface area contributed by atoms with Crippen LogP contribution in [0.3, 0.4) is 0 Å². The Balaban J connectivity index is 2.21. The van der Waals surface area contributed by atoms with Crippen molar-refractivity contribution in [2.75, 3.05) is 6.54 Å². The molecule has 1 saturated carbocycles. The molecule has 4 heteroatoms. The first-order valence-corrected chi connectivity index (χ1v) is 7.49. The Labute approximate surface area is 115 Å². The summed E-state index contributed by atoms with van der Waals surface area (Å²) in [6.07, 6.45) is 6.13. The van der Waals surface area contributed by atoms with Gasteiger partial charge in [0.05, 0.1) is 10.4 Å². The molecule has 0 aromatic rings. The second kappa shape index (κ2) is 5.16. The summed E-state index contributed by atoms with van der Waals surface area (Å²) in [7, 11) is 0. The maximum atomic E-state index is 12.9. The highest BCUT2D eigenvalue weighted by molar-refractivity contribution is 7.80. The molecular weight excluding hydrogens is 244 g/mol. The van der Waals surface area contributed by atoms with Crippen molar-refractivity contribution in [2.24, 2.45) is 17.1 Å². The molecule has 1 saturated heterocycles. The van der Waals surface area contributed by atoms with Crippen molar-refractivity contribution in [1.82, 2.24) is 4.90 Å². The highest BCUT2D eigenvalue weighted by Gasteiger charge is 2.47. The Morgan fingerprint density at radius 2 is 1.89 bits per heavy atom. The van der Waals surface area contributed by atoms with Crippen LogP contribution in [0.2, 0.25) is 0 Å². The fourth-order valence-corrected chi connectivity index (χ4v) is 3.87. The molecule has 2 fully saturated rings. The molecule has 0 radical (unpaired) electrons. The Kier molecular flexibility index (Phi) is 3.95. The van der Waals surface area contributed by atoms with E-state index in [4.69, 9.17) is 18.0 Å². The lowest BCUT2D eigenvalue weighted by Gasteiger charge is -2.39. The molecule has 0 spiro atoms. The van der Waals surface area contributed by atoms with E-state index in [2.05, 4.69) is 13.8 Å². The predicted molar refractivity (Wildman–Crippen MR) is 77.3 cm³/mol. The van der Waals surface area contributed by atoms with Gasteiger partial charge < -0.3 is 10.6 Å². The molecule has 0 bridgehead atoms. The maximum Gasteiger partial charge on any atom is 0.235 e. The predicted octanol–water partition coefficient (Wildman–Crippen LogP) is 2.48. The van der Waals surface area contributed by atoms with Gasteiger partial charge in [-0.2, -0.15) is 0 Å². The van der Waals surface area contributed by atoms with E-state index < -0.39 is 5.41 Å². The standard InChI is InChI=1S/C14H24N2OS/c1-10-8-11(2)16(9-10)13(17)14(12(15)18)6-4-3-5-7-14/h10-11H,3-9H2,1-2H3,(H2,15,18). The van der Waals surface area contributed by atoms with Gasteiger partial charge in [0.1, 0.15) is 0 Å². The largest absolute Gasteiger partial charge is 0.392 e. The van der Waals surface area contributed by atoms with Gasteiger partial charge in [0.15, 0.2) is 0 Å². The molecule has 1 aliphatic carbocycles. The van der Waals surface area contributed by atoms with Crippen molar-refractivity contribution in [2.45, 2.75) is 58.4 Å². The summed E-state index contributed by atoms with van der Waals surface area (Å²) in [5.41, 5.74) is 5.40. The van der Waals surface area contributed by atoms with Crippen molar-refractivity contribution in [3.05, 3.63) is 0 Å². The minimum Gasteiger partial charge on any atom is -0.392 e. The first kappa shape index (κ1) is 13.8. The number of carbonyl (C=O) groups excluding carboxylic acids is 1.